The van der Waals surface area contributed by atoms with E-state index in [9.17, 15) is 8.76 Å². The number of para-hydroxylation sites is 1. The fourth-order valence-electron chi connectivity index (χ4n) is 1.96. The fraction of sp³-hybridized carbons (Fsp3) is 0.0769. The monoisotopic (exact) mass is 287 g/mol. The zero-order valence-corrected chi connectivity index (χ0v) is 11.2. The minimum Gasteiger partial charge on any atom is -0.760 e. The molecule has 7 heteroatoms. The second kappa shape index (κ2) is 5.49. The molecule has 0 fully saturated rings. The van der Waals surface area contributed by atoms with Gasteiger partial charge in [0.25, 0.3) is 0 Å². The summed E-state index contributed by atoms with van der Waals surface area (Å²) in [6.45, 7) is 0.272. The van der Waals surface area contributed by atoms with Crippen molar-refractivity contribution in [2.75, 3.05) is 0 Å². The molecule has 6 nitrogen and oxygen atoms in total. The molecule has 20 heavy (non-hydrogen) atoms. The first-order valence-corrected chi connectivity index (χ1v) is 7.04. The Morgan fingerprint density at radius 1 is 1.15 bits per heavy atom. The third-order valence-electron chi connectivity index (χ3n) is 2.93. The summed E-state index contributed by atoms with van der Waals surface area (Å²) in [6.07, 6.45) is 0. The lowest BCUT2D eigenvalue weighted by atomic mass is 10.2. The highest BCUT2D eigenvalue weighted by Crippen LogP contribution is 2.16. The average Bonchev–Trinajstić information content (AvgIpc) is 2.89. The minimum absolute atomic E-state index is 0.272. The van der Waals surface area contributed by atoms with Crippen LogP contribution in [0, 0.1) is 0 Å². The smallest absolute Gasteiger partial charge is 0.113 e. The standard InChI is InChI=1S/C13H12N4O2S/c18-20(19)14-9-10-5-7-11(8-6-10)17-13-4-2-1-3-12(13)15-16-17/h1-8,14H,9H2,(H,18,19)/p-1. The Bertz CT molecular complexity index is 754. The van der Waals surface area contributed by atoms with Crippen molar-refractivity contribution < 1.29 is 8.76 Å². The summed E-state index contributed by atoms with van der Waals surface area (Å²) >= 11 is -2.25. The molecule has 0 saturated heterocycles. The van der Waals surface area contributed by atoms with Gasteiger partial charge in [0.05, 0.1) is 11.2 Å². The van der Waals surface area contributed by atoms with Crippen molar-refractivity contribution >= 4 is 22.3 Å². The molecule has 1 aromatic heterocycles. The highest BCUT2D eigenvalue weighted by Gasteiger charge is 2.05. The van der Waals surface area contributed by atoms with E-state index in [0.717, 1.165) is 22.3 Å². The second-order valence-electron chi connectivity index (χ2n) is 4.21. The second-order valence-corrected chi connectivity index (χ2v) is 4.97. The van der Waals surface area contributed by atoms with Crippen LogP contribution < -0.4 is 4.72 Å². The maximum absolute atomic E-state index is 10.4. The zero-order valence-electron chi connectivity index (χ0n) is 10.4. The lowest BCUT2D eigenvalue weighted by Gasteiger charge is -2.08. The molecule has 0 aliphatic carbocycles. The number of nitrogens with zero attached hydrogens (tertiary/aromatic N) is 3. The van der Waals surface area contributed by atoms with Crippen molar-refractivity contribution in [3.63, 3.8) is 0 Å². The first-order valence-electron chi connectivity index (χ1n) is 5.96. The van der Waals surface area contributed by atoms with Crippen LogP contribution >= 0.6 is 0 Å². The van der Waals surface area contributed by atoms with Crippen LogP contribution in [0.4, 0.5) is 0 Å². The molecular weight excluding hydrogens is 276 g/mol. The number of fused-ring (bicyclic) bond motifs is 1. The maximum Gasteiger partial charge on any atom is 0.113 e. The third kappa shape index (κ3) is 2.60. The van der Waals surface area contributed by atoms with Gasteiger partial charge in [-0.2, -0.15) is 0 Å². The van der Waals surface area contributed by atoms with Gasteiger partial charge in [-0.25, -0.2) is 9.40 Å². The van der Waals surface area contributed by atoms with E-state index in [-0.39, 0.29) is 6.54 Å². The topological polar surface area (TPSA) is 82.9 Å². The molecule has 0 spiro atoms. The van der Waals surface area contributed by atoms with Gasteiger partial charge in [-0.3, -0.25) is 4.21 Å². The lowest BCUT2D eigenvalue weighted by Crippen LogP contribution is -2.15. The van der Waals surface area contributed by atoms with Crippen LogP contribution in [0.1, 0.15) is 5.56 Å². The summed E-state index contributed by atoms with van der Waals surface area (Å²) in [7, 11) is 0. The van der Waals surface area contributed by atoms with Crippen LogP contribution in [0.5, 0.6) is 0 Å². The lowest BCUT2D eigenvalue weighted by molar-refractivity contribution is 0.522. The van der Waals surface area contributed by atoms with E-state index in [2.05, 4.69) is 15.0 Å². The first kappa shape index (κ1) is 12.9. The van der Waals surface area contributed by atoms with Crippen LogP contribution in [0.25, 0.3) is 16.7 Å². The van der Waals surface area contributed by atoms with Gasteiger partial charge in [0.2, 0.25) is 0 Å². The third-order valence-corrected chi connectivity index (χ3v) is 3.31. The van der Waals surface area contributed by atoms with Gasteiger partial charge in [0.1, 0.15) is 5.52 Å². The van der Waals surface area contributed by atoms with Gasteiger partial charge in [-0.15, -0.1) is 5.10 Å². The Morgan fingerprint density at radius 3 is 2.65 bits per heavy atom. The van der Waals surface area contributed by atoms with E-state index < -0.39 is 11.3 Å². The Labute approximate surface area is 117 Å². The molecule has 102 valence electrons. The van der Waals surface area contributed by atoms with Crippen LogP contribution in [0.2, 0.25) is 0 Å². The number of rotatable bonds is 4. The molecule has 1 atom stereocenters. The molecule has 1 N–H and O–H groups in total. The zero-order chi connectivity index (χ0) is 13.9. The van der Waals surface area contributed by atoms with Crippen molar-refractivity contribution in [1.29, 1.82) is 0 Å². The van der Waals surface area contributed by atoms with E-state index in [1.165, 1.54) is 0 Å². The Hall–Kier alpha value is -2.09. The van der Waals surface area contributed by atoms with Gasteiger partial charge in [0.15, 0.2) is 0 Å². The summed E-state index contributed by atoms with van der Waals surface area (Å²) in [5, 5.41) is 8.22. The van der Waals surface area contributed by atoms with Gasteiger partial charge in [0, 0.05) is 17.8 Å². The summed E-state index contributed by atoms with van der Waals surface area (Å²) in [5.74, 6) is 0. The van der Waals surface area contributed by atoms with Crippen molar-refractivity contribution in [3.05, 3.63) is 54.1 Å². The van der Waals surface area contributed by atoms with Crippen molar-refractivity contribution in [2.45, 2.75) is 6.54 Å². The summed E-state index contributed by atoms with van der Waals surface area (Å²) in [5.41, 5.74) is 3.52. The van der Waals surface area contributed by atoms with Gasteiger partial charge >= 0.3 is 0 Å². The summed E-state index contributed by atoms with van der Waals surface area (Å²) < 4.78 is 25.0. The SMILES string of the molecule is O=S([O-])NCc1ccc(-n2nnc3ccccc32)cc1. The quantitative estimate of drug-likeness (QED) is 0.733. The van der Waals surface area contributed by atoms with Gasteiger partial charge < -0.3 is 4.55 Å². The van der Waals surface area contributed by atoms with E-state index in [1.54, 1.807) is 4.68 Å². The van der Waals surface area contributed by atoms with Crippen molar-refractivity contribution in [3.8, 4) is 5.69 Å². The number of hydrogen-bond donors (Lipinski definition) is 1. The largest absolute Gasteiger partial charge is 0.760 e. The highest BCUT2D eigenvalue weighted by molar-refractivity contribution is 7.77. The molecule has 3 rings (SSSR count). The molecule has 1 unspecified atom stereocenters. The number of benzene rings is 2. The van der Waals surface area contributed by atoms with Crippen LogP contribution in [0.3, 0.4) is 0 Å². The van der Waals surface area contributed by atoms with E-state index >= 15 is 0 Å². The number of aromatic nitrogens is 3. The Kier molecular flexibility index (Phi) is 3.55. The molecule has 3 aromatic rings. The molecule has 2 aromatic carbocycles. The van der Waals surface area contributed by atoms with Crippen LogP contribution in [-0.4, -0.2) is 23.8 Å². The molecular formula is C13H11N4O2S-. The molecule has 0 bridgehead atoms. The molecule has 1 heterocycles. The molecule has 0 amide bonds. The van der Waals surface area contributed by atoms with E-state index in [0.29, 0.717) is 0 Å². The number of nitrogens with one attached hydrogen (secondary N) is 1. The molecule has 0 saturated carbocycles. The van der Waals surface area contributed by atoms with Crippen LogP contribution in [-0.2, 0) is 17.8 Å². The van der Waals surface area contributed by atoms with Crippen molar-refractivity contribution in [1.82, 2.24) is 19.7 Å². The summed E-state index contributed by atoms with van der Waals surface area (Å²) in [6, 6.07) is 15.2. The predicted molar refractivity (Wildman–Crippen MR) is 74.6 cm³/mol. The van der Waals surface area contributed by atoms with Gasteiger partial charge in [-0.05, 0) is 29.8 Å². The maximum atomic E-state index is 10.4. The minimum atomic E-state index is -2.25. The van der Waals surface area contributed by atoms with Crippen molar-refractivity contribution in [2.24, 2.45) is 0 Å². The highest BCUT2D eigenvalue weighted by atomic mass is 32.2. The Balaban J connectivity index is 1.89. The van der Waals surface area contributed by atoms with Gasteiger partial charge in [-0.1, -0.05) is 29.5 Å². The molecule has 0 radical (unpaired) electrons. The van der Waals surface area contributed by atoms with E-state index in [1.807, 2.05) is 48.5 Å². The fourth-order valence-corrected chi connectivity index (χ4v) is 2.24. The summed E-state index contributed by atoms with van der Waals surface area (Å²) in [4.78, 5) is 0. The molecule has 0 aliphatic rings. The molecule has 0 aliphatic heterocycles. The predicted octanol–water partition coefficient (Wildman–Crippen LogP) is 1.30. The normalized spacial score (nSPS) is 12.7. The van der Waals surface area contributed by atoms with E-state index in [4.69, 9.17) is 0 Å². The number of hydrogen-bond acceptors (Lipinski definition) is 4. The Morgan fingerprint density at radius 2 is 1.90 bits per heavy atom. The first-order chi connectivity index (χ1) is 9.74. The van der Waals surface area contributed by atoms with Crippen LogP contribution in [0.15, 0.2) is 48.5 Å². The average molecular weight is 287 g/mol.